The number of ether oxygens (including phenoxy) is 1. The summed E-state index contributed by atoms with van der Waals surface area (Å²) in [4.78, 5) is 19.3. The predicted molar refractivity (Wildman–Crippen MR) is 136 cm³/mol. The molecule has 1 aromatic heterocycles. The van der Waals surface area contributed by atoms with Crippen molar-refractivity contribution in [3.05, 3.63) is 70.1 Å². The second kappa shape index (κ2) is 9.40. The standard InChI is InChI=1S/C27H30N2O3S/c1-27(2,3)18-11-12-20-23(15-18)33-26(24(20)25(31)29-19-8-6-5-7-9-19)28-16-17-10-13-22(32-4)21(30)14-17/h5-10,13-14,16,18,30H,11-12,15H2,1-4H3,(H,29,31)/t18-/m0/s1. The lowest BCUT2D eigenvalue weighted by Gasteiger charge is -2.33. The number of rotatable bonds is 5. The summed E-state index contributed by atoms with van der Waals surface area (Å²) in [5, 5.41) is 13.8. The number of carbonyl (C=O) groups is 1. The first-order valence-electron chi connectivity index (χ1n) is 11.2. The fourth-order valence-electron chi connectivity index (χ4n) is 4.27. The van der Waals surface area contributed by atoms with Crippen LogP contribution >= 0.6 is 11.3 Å². The minimum absolute atomic E-state index is 0.0574. The van der Waals surface area contributed by atoms with Crippen LogP contribution in [0.5, 0.6) is 11.5 Å². The van der Waals surface area contributed by atoms with Gasteiger partial charge in [-0.05, 0) is 72.1 Å². The van der Waals surface area contributed by atoms with E-state index in [1.54, 1.807) is 29.7 Å². The van der Waals surface area contributed by atoms with Crippen molar-refractivity contribution in [2.45, 2.75) is 40.0 Å². The van der Waals surface area contributed by atoms with Gasteiger partial charge in [0.15, 0.2) is 11.5 Å². The third-order valence-corrected chi connectivity index (χ3v) is 7.43. The number of hydrogen-bond acceptors (Lipinski definition) is 5. The molecule has 0 saturated carbocycles. The first-order chi connectivity index (χ1) is 15.8. The molecule has 0 fully saturated rings. The van der Waals surface area contributed by atoms with Crippen LogP contribution in [0.25, 0.3) is 0 Å². The molecule has 4 rings (SSSR count). The summed E-state index contributed by atoms with van der Waals surface area (Å²) in [6.07, 6.45) is 4.60. The van der Waals surface area contributed by atoms with Gasteiger partial charge in [-0.2, -0.15) is 0 Å². The Labute approximate surface area is 199 Å². The number of amides is 1. The smallest absolute Gasteiger partial charge is 0.259 e. The Bertz CT molecular complexity index is 1180. The van der Waals surface area contributed by atoms with Gasteiger partial charge in [0.1, 0.15) is 5.00 Å². The van der Waals surface area contributed by atoms with Crippen LogP contribution in [0.2, 0.25) is 0 Å². The van der Waals surface area contributed by atoms with Crippen molar-refractivity contribution >= 4 is 34.1 Å². The lowest BCUT2D eigenvalue weighted by atomic mass is 9.72. The molecule has 0 spiro atoms. The summed E-state index contributed by atoms with van der Waals surface area (Å²) >= 11 is 1.61. The van der Waals surface area contributed by atoms with E-state index in [1.807, 2.05) is 36.4 Å². The SMILES string of the molecule is COc1ccc(C=Nc2sc3c(c2C(=O)Nc2ccccc2)CC[C@H](C(C)(C)C)C3)cc1O. The fourth-order valence-corrected chi connectivity index (χ4v) is 5.54. The molecule has 5 nitrogen and oxygen atoms in total. The summed E-state index contributed by atoms with van der Waals surface area (Å²) in [5.41, 5.74) is 3.51. The van der Waals surface area contributed by atoms with Gasteiger partial charge in [0.25, 0.3) is 5.91 Å². The molecule has 1 heterocycles. The zero-order valence-corrected chi connectivity index (χ0v) is 20.3. The number of benzene rings is 2. The summed E-state index contributed by atoms with van der Waals surface area (Å²) in [5.74, 6) is 0.915. The number of hydrogen-bond donors (Lipinski definition) is 2. The topological polar surface area (TPSA) is 70.9 Å². The highest BCUT2D eigenvalue weighted by molar-refractivity contribution is 7.16. The van der Waals surface area contributed by atoms with E-state index in [0.717, 1.165) is 36.1 Å². The minimum Gasteiger partial charge on any atom is -0.504 e. The molecule has 3 aromatic rings. The molecule has 1 aliphatic rings. The number of fused-ring (bicyclic) bond motifs is 1. The summed E-state index contributed by atoms with van der Waals surface area (Å²) in [6.45, 7) is 6.86. The summed E-state index contributed by atoms with van der Waals surface area (Å²) < 4.78 is 5.12. The molecule has 0 bridgehead atoms. The molecule has 33 heavy (non-hydrogen) atoms. The van der Waals surface area contributed by atoms with E-state index in [2.05, 4.69) is 26.1 Å². The summed E-state index contributed by atoms with van der Waals surface area (Å²) in [7, 11) is 1.52. The maximum atomic E-state index is 13.4. The quantitative estimate of drug-likeness (QED) is 0.419. The number of nitrogens with one attached hydrogen (secondary N) is 1. The average molecular weight is 463 g/mol. The van der Waals surface area contributed by atoms with E-state index in [1.165, 1.54) is 12.0 Å². The van der Waals surface area contributed by atoms with Gasteiger partial charge in [0.05, 0.1) is 12.7 Å². The zero-order valence-electron chi connectivity index (χ0n) is 19.5. The molecule has 2 N–H and O–H groups in total. The van der Waals surface area contributed by atoms with Gasteiger partial charge in [-0.3, -0.25) is 4.79 Å². The molecular weight excluding hydrogens is 432 g/mol. The number of phenols is 1. The number of methoxy groups -OCH3 is 1. The number of anilines is 1. The van der Waals surface area contributed by atoms with Gasteiger partial charge in [0, 0.05) is 16.8 Å². The Morgan fingerprint density at radius 3 is 2.64 bits per heavy atom. The molecule has 2 aromatic carbocycles. The van der Waals surface area contributed by atoms with Gasteiger partial charge in [-0.1, -0.05) is 39.0 Å². The Balaban J connectivity index is 1.70. The Morgan fingerprint density at radius 1 is 1.21 bits per heavy atom. The molecule has 1 amide bonds. The first kappa shape index (κ1) is 23.1. The van der Waals surface area contributed by atoms with Gasteiger partial charge >= 0.3 is 0 Å². The van der Waals surface area contributed by atoms with Crippen LogP contribution in [0.1, 0.15) is 53.6 Å². The van der Waals surface area contributed by atoms with E-state index in [-0.39, 0.29) is 17.1 Å². The molecule has 0 aliphatic heterocycles. The molecular formula is C27H30N2O3S. The Hall–Kier alpha value is -3.12. The number of aromatic hydroxyl groups is 1. The van der Waals surface area contributed by atoms with E-state index >= 15 is 0 Å². The molecule has 0 unspecified atom stereocenters. The molecule has 6 heteroatoms. The molecule has 1 aliphatic carbocycles. The zero-order chi connectivity index (χ0) is 23.6. The lowest BCUT2D eigenvalue weighted by molar-refractivity contribution is 0.102. The predicted octanol–water partition coefficient (Wildman–Crippen LogP) is 6.62. The number of nitrogens with zero attached hydrogens (tertiary/aromatic N) is 1. The van der Waals surface area contributed by atoms with Crippen molar-refractivity contribution in [2.24, 2.45) is 16.3 Å². The average Bonchev–Trinajstić information content (AvgIpc) is 3.15. The van der Waals surface area contributed by atoms with Crippen LogP contribution in [0, 0.1) is 11.3 Å². The number of carbonyl (C=O) groups excluding carboxylic acids is 1. The van der Waals surface area contributed by atoms with E-state index in [4.69, 9.17) is 9.73 Å². The van der Waals surface area contributed by atoms with Gasteiger partial charge in [0.2, 0.25) is 0 Å². The van der Waals surface area contributed by atoms with E-state index in [0.29, 0.717) is 22.2 Å². The van der Waals surface area contributed by atoms with Crippen molar-refractivity contribution in [1.29, 1.82) is 0 Å². The minimum atomic E-state index is -0.127. The highest BCUT2D eigenvalue weighted by atomic mass is 32.1. The van der Waals surface area contributed by atoms with E-state index < -0.39 is 0 Å². The van der Waals surface area contributed by atoms with Gasteiger partial charge in [-0.15, -0.1) is 11.3 Å². The number of aliphatic imine (C=N–C) groups is 1. The third kappa shape index (κ3) is 5.11. The lowest BCUT2D eigenvalue weighted by Crippen LogP contribution is -2.27. The van der Waals surface area contributed by atoms with Gasteiger partial charge in [-0.25, -0.2) is 4.99 Å². The fraction of sp³-hybridized carbons (Fsp3) is 0.333. The van der Waals surface area contributed by atoms with Crippen LogP contribution < -0.4 is 10.1 Å². The second-order valence-corrected chi connectivity index (χ2v) is 10.6. The monoisotopic (exact) mass is 462 g/mol. The van der Waals surface area contributed by atoms with Crippen LogP contribution in [0.4, 0.5) is 10.7 Å². The van der Waals surface area contributed by atoms with Crippen molar-refractivity contribution in [3.8, 4) is 11.5 Å². The van der Waals surface area contributed by atoms with E-state index in [9.17, 15) is 9.90 Å². The highest BCUT2D eigenvalue weighted by Gasteiger charge is 2.33. The number of para-hydroxylation sites is 1. The van der Waals surface area contributed by atoms with Crippen LogP contribution in [-0.4, -0.2) is 24.3 Å². The van der Waals surface area contributed by atoms with Crippen molar-refractivity contribution in [2.75, 3.05) is 12.4 Å². The third-order valence-electron chi connectivity index (χ3n) is 6.26. The maximum Gasteiger partial charge on any atom is 0.259 e. The highest BCUT2D eigenvalue weighted by Crippen LogP contribution is 2.45. The first-order valence-corrected chi connectivity index (χ1v) is 12.0. The largest absolute Gasteiger partial charge is 0.504 e. The Morgan fingerprint density at radius 2 is 1.97 bits per heavy atom. The van der Waals surface area contributed by atoms with Crippen LogP contribution in [-0.2, 0) is 12.8 Å². The van der Waals surface area contributed by atoms with Crippen LogP contribution in [0.15, 0.2) is 53.5 Å². The molecule has 172 valence electrons. The maximum absolute atomic E-state index is 13.4. The van der Waals surface area contributed by atoms with Crippen molar-refractivity contribution in [3.63, 3.8) is 0 Å². The Kier molecular flexibility index (Phi) is 6.56. The number of phenolic OH excluding ortho intramolecular Hbond substituents is 1. The van der Waals surface area contributed by atoms with Crippen LogP contribution in [0.3, 0.4) is 0 Å². The number of thiophene rings is 1. The molecule has 1 atom stereocenters. The van der Waals surface area contributed by atoms with Crippen molar-refractivity contribution in [1.82, 2.24) is 0 Å². The second-order valence-electron chi connectivity index (χ2n) is 9.50. The van der Waals surface area contributed by atoms with Gasteiger partial charge < -0.3 is 15.2 Å². The normalized spacial score (nSPS) is 15.9. The summed E-state index contributed by atoms with van der Waals surface area (Å²) in [6, 6.07) is 14.6. The molecule has 0 saturated heterocycles. The molecule has 0 radical (unpaired) electrons. The van der Waals surface area contributed by atoms with Crippen molar-refractivity contribution < 1.29 is 14.6 Å².